The fourth-order valence-corrected chi connectivity index (χ4v) is 2.12. The Hall–Kier alpha value is -0.370. The first kappa shape index (κ1) is 13.7. The van der Waals surface area contributed by atoms with Crippen molar-refractivity contribution in [2.24, 2.45) is 11.8 Å². The first-order valence-corrected chi connectivity index (χ1v) is 6.24. The molecule has 3 heteroatoms. The van der Waals surface area contributed by atoms with E-state index in [1.54, 1.807) is 0 Å². The Balaban J connectivity index is 2.72. The minimum Gasteiger partial charge on any atom is -0.204 e. The highest BCUT2D eigenvalue weighted by Gasteiger charge is 2.24. The van der Waals surface area contributed by atoms with Crippen molar-refractivity contribution in [3.63, 3.8) is 0 Å². The molecule has 0 saturated carbocycles. The molecular weight excluding hydrogens is 230 g/mol. The maximum absolute atomic E-state index is 13.6. The van der Waals surface area contributed by atoms with Crippen LogP contribution in [0.15, 0.2) is 22.3 Å². The summed E-state index contributed by atoms with van der Waals surface area (Å²) >= 11 is 5.59. The van der Waals surface area contributed by atoms with E-state index in [0.717, 1.165) is 12.8 Å². The zero-order valence-electron chi connectivity index (χ0n) is 10.1. The largest absolute Gasteiger partial charge is 0.204 e. The van der Waals surface area contributed by atoms with Crippen LogP contribution in [0.1, 0.15) is 46.5 Å². The molecule has 0 heterocycles. The number of rotatable bonds is 4. The summed E-state index contributed by atoms with van der Waals surface area (Å²) in [5.41, 5.74) is 0.600. The van der Waals surface area contributed by atoms with Crippen LogP contribution in [0.4, 0.5) is 8.78 Å². The Labute approximate surface area is 101 Å². The van der Waals surface area contributed by atoms with E-state index < -0.39 is 11.7 Å². The summed E-state index contributed by atoms with van der Waals surface area (Å²) in [7, 11) is 0. The molecule has 0 aromatic heterocycles. The first-order valence-electron chi connectivity index (χ1n) is 5.86. The molecule has 1 aliphatic rings. The quantitative estimate of drug-likeness (QED) is 0.617. The SMILES string of the molecule is CC(C)CCC(C)C1=C(F)C(F)=C(Cl)CC1. The van der Waals surface area contributed by atoms with Crippen molar-refractivity contribution in [2.45, 2.75) is 46.5 Å². The average Bonchev–Trinajstić information content (AvgIpc) is 2.23. The van der Waals surface area contributed by atoms with Gasteiger partial charge >= 0.3 is 0 Å². The summed E-state index contributed by atoms with van der Waals surface area (Å²) in [6, 6.07) is 0. The van der Waals surface area contributed by atoms with E-state index in [4.69, 9.17) is 11.6 Å². The van der Waals surface area contributed by atoms with Gasteiger partial charge in [-0.2, -0.15) is 0 Å². The third-order valence-electron chi connectivity index (χ3n) is 3.10. The van der Waals surface area contributed by atoms with Crippen molar-refractivity contribution in [2.75, 3.05) is 0 Å². The molecule has 0 nitrogen and oxygen atoms in total. The molecule has 1 unspecified atom stereocenters. The molecule has 1 rings (SSSR count). The van der Waals surface area contributed by atoms with Crippen molar-refractivity contribution >= 4 is 11.6 Å². The average molecular weight is 249 g/mol. The maximum Gasteiger partial charge on any atom is 0.173 e. The lowest BCUT2D eigenvalue weighted by Gasteiger charge is -2.21. The molecule has 0 spiro atoms. The third kappa shape index (κ3) is 3.31. The summed E-state index contributed by atoms with van der Waals surface area (Å²) in [5.74, 6) is -0.858. The van der Waals surface area contributed by atoms with Crippen molar-refractivity contribution < 1.29 is 8.78 Å². The Kier molecular flexibility index (Phi) is 4.97. The standard InChI is InChI=1S/C13H19ClF2/c1-8(2)4-5-9(3)10-6-7-11(14)13(16)12(10)15/h8-9H,4-7H2,1-3H3. The van der Waals surface area contributed by atoms with Gasteiger partial charge < -0.3 is 0 Å². The lowest BCUT2D eigenvalue weighted by atomic mass is 9.87. The van der Waals surface area contributed by atoms with Crippen LogP contribution in [-0.4, -0.2) is 0 Å². The molecule has 0 N–H and O–H groups in total. The molecule has 0 aromatic carbocycles. The van der Waals surface area contributed by atoms with Gasteiger partial charge in [0.1, 0.15) is 0 Å². The topological polar surface area (TPSA) is 0 Å². The van der Waals surface area contributed by atoms with Crippen molar-refractivity contribution in [3.8, 4) is 0 Å². The van der Waals surface area contributed by atoms with Gasteiger partial charge in [-0.05, 0) is 36.7 Å². The molecule has 16 heavy (non-hydrogen) atoms. The number of hydrogen-bond acceptors (Lipinski definition) is 0. The minimum absolute atomic E-state index is 0.0253. The van der Waals surface area contributed by atoms with Crippen molar-refractivity contribution in [1.29, 1.82) is 0 Å². The van der Waals surface area contributed by atoms with Gasteiger partial charge in [0.05, 0.1) is 5.03 Å². The van der Waals surface area contributed by atoms with E-state index >= 15 is 0 Å². The Bertz CT molecular complexity index is 316. The first-order chi connectivity index (χ1) is 7.43. The van der Waals surface area contributed by atoms with Gasteiger partial charge in [0.2, 0.25) is 0 Å². The van der Waals surface area contributed by atoms with Crippen LogP contribution >= 0.6 is 11.6 Å². The molecule has 0 aromatic rings. The highest BCUT2D eigenvalue weighted by Crippen LogP contribution is 2.38. The van der Waals surface area contributed by atoms with Crippen LogP contribution in [0.3, 0.4) is 0 Å². The Morgan fingerprint density at radius 3 is 2.25 bits per heavy atom. The Morgan fingerprint density at radius 1 is 1.06 bits per heavy atom. The van der Waals surface area contributed by atoms with E-state index in [0.29, 0.717) is 24.3 Å². The summed E-state index contributed by atoms with van der Waals surface area (Å²) in [6.07, 6.45) is 2.93. The molecule has 0 saturated heterocycles. The molecule has 0 aliphatic heterocycles. The maximum atomic E-state index is 13.6. The van der Waals surface area contributed by atoms with Crippen LogP contribution < -0.4 is 0 Å². The van der Waals surface area contributed by atoms with Crippen LogP contribution in [0.25, 0.3) is 0 Å². The Morgan fingerprint density at radius 2 is 1.69 bits per heavy atom. The van der Waals surface area contributed by atoms with Crippen LogP contribution in [-0.2, 0) is 0 Å². The fourth-order valence-electron chi connectivity index (χ4n) is 1.94. The van der Waals surface area contributed by atoms with Gasteiger partial charge in [0, 0.05) is 0 Å². The van der Waals surface area contributed by atoms with Gasteiger partial charge in [0.25, 0.3) is 0 Å². The predicted molar refractivity (Wildman–Crippen MR) is 64.6 cm³/mol. The van der Waals surface area contributed by atoms with E-state index in [-0.39, 0.29) is 11.0 Å². The molecule has 0 amide bonds. The number of allylic oxidation sites excluding steroid dienone is 4. The third-order valence-corrected chi connectivity index (χ3v) is 3.45. The lowest BCUT2D eigenvalue weighted by molar-refractivity contribution is 0.446. The zero-order chi connectivity index (χ0) is 12.3. The van der Waals surface area contributed by atoms with E-state index in [2.05, 4.69) is 13.8 Å². The molecule has 0 bridgehead atoms. The van der Waals surface area contributed by atoms with Crippen molar-refractivity contribution in [1.82, 2.24) is 0 Å². The van der Waals surface area contributed by atoms with Crippen LogP contribution in [0.5, 0.6) is 0 Å². The van der Waals surface area contributed by atoms with Gasteiger partial charge in [-0.25, -0.2) is 8.78 Å². The van der Waals surface area contributed by atoms with Crippen LogP contribution in [0, 0.1) is 11.8 Å². The lowest BCUT2D eigenvalue weighted by Crippen LogP contribution is -2.08. The molecule has 1 aliphatic carbocycles. The van der Waals surface area contributed by atoms with Crippen LogP contribution in [0.2, 0.25) is 0 Å². The van der Waals surface area contributed by atoms with Gasteiger partial charge in [0.15, 0.2) is 11.7 Å². The molecular formula is C13H19ClF2. The number of halogens is 3. The predicted octanol–water partition coefficient (Wildman–Crippen LogP) is 5.50. The number of hydrogen-bond donors (Lipinski definition) is 0. The fraction of sp³-hybridized carbons (Fsp3) is 0.692. The van der Waals surface area contributed by atoms with Gasteiger partial charge in [-0.1, -0.05) is 38.8 Å². The van der Waals surface area contributed by atoms with Gasteiger partial charge in [-0.3, -0.25) is 0 Å². The van der Waals surface area contributed by atoms with E-state index in [1.807, 2.05) is 6.92 Å². The van der Waals surface area contributed by atoms with Crippen molar-refractivity contribution in [3.05, 3.63) is 22.3 Å². The molecule has 1 atom stereocenters. The molecule has 0 fully saturated rings. The second-order valence-electron chi connectivity index (χ2n) is 4.93. The highest BCUT2D eigenvalue weighted by atomic mass is 35.5. The summed E-state index contributed by atoms with van der Waals surface area (Å²) in [6.45, 7) is 6.23. The highest BCUT2D eigenvalue weighted by molar-refractivity contribution is 6.30. The second-order valence-corrected chi connectivity index (χ2v) is 5.39. The summed E-state index contributed by atoms with van der Waals surface area (Å²) in [4.78, 5) is 0. The smallest absolute Gasteiger partial charge is 0.173 e. The zero-order valence-corrected chi connectivity index (χ0v) is 10.9. The van der Waals surface area contributed by atoms with E-state index in [1.165, 1.54) is 0 Å². The summed E-state index contributed by atoms with van der Waals surface area (Å²) in [5, 5.41) is 0.0253. The van der Waals surface area contributed by atoms with E-state index in [9.17, 15) is 8.78 Å². The molecule has 92 valence electrons. The monoisotopic (exact) mass is 248 g/mol. The normalized spacial score (nSPS) is 19.7. The van der Waals surface area contributed by atoms with Gasteiger partial charge in [-0.15, -0.1) is 0 Å². The summed E-state index contributed by atoms with van der Waals surface area (Å²) < 4.78 is 26.9. The minimum atomic E-state index is -0.848. The molecule has 0 radical (unpaired) electrons. The second kappa shape index (κ2) is 5.81.